The molecular weight excluding hydrogens is 1080 g/mol. The van der Waals surface area contributed by atoms with Crippen LogP contribution in [0.2, 0.25) is 0 Å². The average molecular weight is 1200 g/mol. The van der Waals surface area contributed by atoms with Gasteiger partial charge in [-0.25, -0.2) is 0 Å². The number of unbranched alkanes of at least 4 members (excludes halogenated alkanes) is 21. The van der Waals surface area contributed by atoms with Gasteiger partial charge in [0.1, 0.15) is 73.2 Å². The number of allylic oxidation sites excluding steroid dienone is 11. The Bertz CT molecular complexity index is 1810. The van der Waals surface area contributed by atoms with Gasteiger partial charge < -0.3 is 89.9 Å². The molecule has 1 amide bonds. The molecule has 0 spiro atoms. The molecule has 3 heterocycles. The van der Waals surface area contributed by atoms with Crippen LogP contribution in [-0.2, 0) is 33.2 Å². The lowest BCUT2D eigenvalue weighted by Gasteiger charge is -2.48. The molecule has 0 bridgehead atoms. The number of nitrogens with one attached hydrogen (secondary N) is 1. The first-order valence-corrected chi connectivity index (χ1v) is 32.2. The van der Waals surface area contributed by atoms with Gasteiger partial charge in [-0.05, 0) is 77.0 Å². The molecule has 12 N–H and O–H groups in total. The zero-order chi connectivity index (χ0) is 61.2. The van der Waals surface area contributed by atoms with Crippen molar-refractivity contribution in [1.29, 1.82) is 0 Å². The molecular formula is C65H113NO18. The van der Waals surface area contributed by atoms with Crippen LogP contribution >= 0.6 is 0 Å². The Morgan fingerprint density at radius 3 is 1.32 bits per heavy atom. The molecule has 84 heavy (non-hydrogen) atoms. The molecule has 17 atom stereocenters. The van der Waals surface area contributed by atoms with Crippen LogP contribution in [0.15, 0.2) is 72.9 Å². The highest BCUT2D eigenvalue weighted by Gasteiger charge is 2.53. The third kappa shape index (κ3) is 30.0. The number of aliphatic hydroxyl groups excluding tert-OH is 11. The van der Waals surface area contributed by atoms with Gasteiger partial charge in [0.2, 0.25) is 5.91 Å². The molecule has 17 unspecified atom stereocenters. The Balaban J connectivity index is 1.39. The summed E-state index contributed by atoms with van der Waals surface area (Å²) in [6.45, 7) is 1.54. The minimum Gasteiger partial charge on any atom is -0.394 e. The number of amides is 1. The Morgan fingerprint density at radius 2 is 0.833 bits per heavy atom. The third-order valence-corrected chi connectivity index (χ3v) is 15.7. The van der Waals surface area contributed by atoms with Gasteiger partial charge in [-0.15, -0.1) is 0 Å². The summed E-state index contributed by atoms with van der Waals surface area (Å²) in [5, 5.41) is 120. The minimum atomic E-state index is -1.98. The zero-order valence-electron chi connectivity index (χ0n) is 50.9. The largest absolute Gasteiger partial charge is 0.394 e. The molecule has 3 rings (SSSR count). The van der Waals surface area contributed by atoms with E-state index in [1.807, 2.05) is 6.08 Å². The van der Waals surface area contributed by atoms with Gasteiger partial charge in [0, 0.05) is 6.42 Å². The molecule has 486 valence electrons. The number of ether oxygens (including phenoxy) is 6. The van der Waals surface area contributed by atoms with Crippen molar-refractivity contribution in [3.8, 4) is 0 Å². The van der Waals surface area contributed by atoms with Crippen LogP contribution in [0.3, 0.4) is 0 Å². The first-order valence-electron chi connectivity index (χ1n) is 32.2. The molecule has 19 nitrogen and oxygen atoms in total. The predicted molar refractivity (Wildman–Crippen MR) is 323 cm³/mol. The summed E-state index contributed by atoms with van der Waals surface area (Å²) in [7, 11) is 0. The lowest BCUT2D eigenvalue weighted by Crippen LogP contribution is -2.66. The van der Waals surface area contributed by atoms with Crippen molar-refractivity contribution in [3.05, 3.63) is 72.9 Å². The zero-order valence-corrected chi connectivity index (χ0v) is 50.9. The fraction of sp³-hybridized carbons (Fsp3) is 0.800. The van der Waals surface area contributed by atoms with Gasteiger partial charge in [-0.2, -0.15) is 0 Å². The van der Waals surface area contributed by atoms with E-state index in [9.17, 15) is 61.0 Å². The van der Waals surface area contributed by atoms with Crippen molar-refractivity contribution >= 4 is 5.91 Å². The van der Waals surface area contributed by atoms with E-state index in [-0.39, 0.29) is 18.9 Å². The maximum Gasteiger partial charge on any atom is 0.220 e. The number of aliphatic hydroxyl groups is 11. The summed E-state index contributed by atoms with van der Waals surface area (Å²) < 4.78 is 34.2. The number of rotatable bonds is 47. The van der Waals surface area contributed by atoms with Crippen LogP contribution in [0.5, 0.6) is 0 Å². The molecule has 0 aliphatic carbocycles. The second-order valence-electron chi connectivity index (χ2n) is 22.8. The Kier molecular flexibility index (Phi) is 42.5. The van der Waals surface area contributed by atoms with Crippen molar-refractivity contribution in [3.63, 3.8) is 0 Å². The van der Waals surface area contributed by atoms with Gasteiger partial charge in [-0.1, -0.05) is 189 Å². The van der Waals surface area contributed by atoms with Gasteiger partial charge in [-0.3, -0.25) is 4.79 Å². The van der Waals surface area contributed by atoms with E-state index >= 15 is 0 Å². The second kappa shape index (κ2) is 47.3. The highest BCUT2D eigenvalue weighted by Crippen LogP contribution is 2.33. The fourth-order valence-corrected chi connectivity index (χ4v) is 10.5. The highest BCUT2D eigenvalue weighted by molar-refractivity contribution is 5.76. The van der Waals surface area contributed by atoms with E-state index in [2.05, 4.69) is 79.9 Å². The number of carbonyl (C=O) groups is 1. The summed E-state index contributed by atoms with van der Waals surface area (Å²) in [5.41, 5.74) is 0. The van der Waals surface area contributed by atoms with Crippen molar-refractivity contribution < 1.29 is 89.4 Å². The Morgan fingerprint density at radius 1 is 0.440 bits per heavy atom. The van der Waals surface area contributed by atoms with E-state index in [0.29, 0.717) is 12.8 Å². The molecule has 0 saturated carbocycles. The maximum atomic E-state index is 13.3. The van der Waals surface area contributed by atoms with Crippen LogP contribution in [0.1, 0.15) is 200 Å². The standard InChI is InChI=1S/C65H113NO18/c1-3-5-7-9-11-13-15-16-17-18-19-20-21-22-23-24-25-26-27-28-29-30-31-32-33-35-37-39-41-43-53(71)66-48(49(70)42-40-38-36-34-14-12-10-8-6-4-2)47-79-63-59(77)56(74)61(51(45-68)81-63)84-65-60(78)57(75)62(52(46-69)82-65)83-64-58(76)55(73)54(72)50(44-67)80-64/h6,8,14-16,18-19,21-22,34,40,42,48-52,54-65,67-70,72-78H,3-5,7,9-13,17,20,23-33,35-39,41,43-47H2,1-2H3,(H,66,71)/b8-6+,16-15-,19-18-,22-21-,34-14+,42-40+. The lowest BCUT2D eigenvalue weighted by molar-refractivity contribution is -0.379. The van der Waals surface area contributed by atoms with Gasteiger partial charge in [0.05, 0.1) is 38.6 Å². The molecule has 0 aromatic carbocycles. The van der Waals surface area contributed by atoms with Crippen LogP contribution in [-0.4, -0.2) is 193 Å². The number of carbonyl (C=O) groups excluding carboxylic acids is 1. The summed E-state index contributed by atoms with van der Waals surface area (Å²) >= 11 is 0. The van der Waals surface area contributed by atoms with Crippen LogP contribution < -0.4 is 5.32 Å². The summed E-state index contributed by atoms with van der Waals surface area (Å²) in [6.07, 6.45) is 30.6. The van der Waals surface area contributed by atoms with Crippen LogP contribution in [0.4, 0.5) is 0 Å². The first-order chi connectivity index (χ1) is 40.8. The van der Waals surface area contributed by atoms with E-state index in [4.69, 9.17) is 28.4 Å². The van der Waals surface area contributed by atoms with Gasteiger partial charge in [0.25, 0.3) is 0 Å². The topological polar surface area (TPSA) is 307 Å². The summed E-state index contributed by atoms with van der Waals surface area (Å²) in [5.74, 6) is -0.295. The SMILES string of the molecule is CC/C=C/CC/C=C/CC/C=C/C(O)C(COC1OC(CO)C(OC2OC(CO)C(OC3OC(CO)C(O)C(O)C3O)C(O)C2O)C(O)C1O)NC(=O)CCCCCCCCCCCCCCCC/C=C\C/C=C\C/C=C\CCCCCCC. The van der Waals surface area contributed by atoms with Crippen molar-refractivity contribution in [1.82, 2.24) is 5.32 Å². The van der Waals surface area contributed by atoms with Gasteiger partial charge in [0.15, 0.2) is 18.9 Å². The molecule has 19 heteroatoms. The van der Waals surface area contributed by atoms with Crippen molar-refractivity contribution in [2.45, 2.75) is 304 Å². The minimum absolute atomic E-state index is 0.228. The summed E-state index contributed by atoms with van der Waals surface area (Å²) in [6, 6.07) is -0.998. The molecule has 3 fully saturated rings. The predicted octanol–water partition coefficient (Wildman–Crippen LogP) is 6.99. The number of hydrogen-bond donors (Lipinski definition) is 12. The lowest BCUT2D eigenvalue weighted by atomic mass is 9.96. The fourth-order valence-electron chi connectivity index (χ4n) is 10.5. The monoisotopic (exact) mass is 1200 g/mol. The highest BCUT2D eigenvalue weighted by atomic mass is 16.8. The molecule has 0 radical (unpaired) electrons. The van der Waals surface area contributed by atoms with E-state index in [1.165, 1.54) is 109 Å². The van der Waals surface area contributed by atoms with Crippen molar-refractivity contribution in [2.75, 3.05) is 26.4 Å². The molecule has 0 aromatic rings. The van der Waals surface area contributed by atoms with E-state index in [1.54, 1.807) is 6.08 Å². The Hall–Kier alpha value is -2.77. The molecule has 3 aliphatic heterocycles. The molecule has 0 aromatic heterocycles. The Labute approximate surface area is 502 Å². The number of hydrogen-bond acceptors (Lipinski definition) is 18. The van der Waals surface area contributed by atoms with Crippen LogP contribution in [0, 0.1) is 0 Å². The normalized spacial score (nSPS) is 29.7. The second-order valence-corrected chi connectivity index (χ2v) is 22.8. The molecule has 3 saturated heterocycles. The quantitative estimate of drug-likeness (QED) is 0.0216. The summed E-state index contributed by atoms with van der Waals surface area (Å²) in [4.78, 5) is 13.3. The third-order valence-electron chi connectivity index (χ3n) is 15.7. The van der Waals surface area contributed by atoms with Gasteiger partial charge >= 0.3 is 0 Å². The maximum absolute atomic E-state index is 13.3. The van der Waals surface area contributed by atoms with E-state index < -0.39 is 124 Å². The smallest absolute Gasteiger partial charge is 0.220 e. The average Bonchev–Trinajstić information content (AvgIpc) is 2.86. The van der Waals surface area contributed by atoms with E-state index in [0.717, 1.165) is 57.8 Å². The van der Waals surface area contributed by atoms with Crippen molar-refractivity contribution in [2.24, 2.45) is 0 Å². The first kappa shape index (κ1) is 75.5. The molecule has 3 aliphatic rings. The van der Waals surface area contributed by atoms with Crippen LogP contribution in [0.25, 0.3) is 0 Å².